The lowest BCUT2D eigenvalue weighted by Crippen LogP contribution is -2.28. The highest BCUT2D eigenvalue weighted by Gasteiger charge is 2.58. The Morgan fingerprint density at radius 2 is 0.475 bits per heavy atom. The summed E-state index contributed by atoms with van der Waals surface area (Å²) in [7, 11) is 0. The van der Waals surface area contributed by atoms with Crippen molar-refractivity contribution in [1.29, 1.82) is 0 Å². The molecular weight excluding hydrogens is 773 g/mol. The molecule has 0 fully saturated rings. The van der Waals surface area contributed by atoms with Gasteiger partial charge in [0.15, 0.2) is 0 Å². The van der Waals surface area contributed by atoms with E-state index in [1.165, 1.54) is 109 Å². The second-order valence-corrected chi connectivity index (χ2v) is 19.1. The van der Waals surface area contributed by atoms with E-state index in [2.05, 4.69) is 218 Å². The highest BCUT2D eigenvalue weighted by atomic mass is 32.1. The lowest BCUT2D eigenvalue weighted by molar-refractivity contribution is 0.787. The van der Waals surface area contributed by atoms with Gasteiger partial charge in [-0.25, -0.2) is 0 Å². The molecule has 10 aromatic rings. The Balaban J connectivity index is 1.13. The Bertz CT molecular complexity index is 3110. The van der Waals surface area contributed by atoms with E-state index in [0.29, 0.717) is 0 Å². The smallest absolute Gasteiger partial charge is 0.0912 e. The molecule has 0 unspecified atom stereocenters. The van der Waals surface area contributed by atoms with Crippen LogP contribution in [0.1, 0.15) is 64.0 Å². The van der Waals surface area contributed by atoms with Crippen LogP contribution in [0.3, 0.4) is 0 Å². The van der Waals surface area contributed by atoms with Gasteiger partial charge in [-0.15, -0.1) is 22.7 Å². The van der Waals surface area contributed by atoms with Crippen molar-refractivity contribution in [2.24, 2.45) is 0 Å². The lowest BCUT2D eigenvalue weighted by Gasteiger charge is -2.34. The van der Waals surface area contributed by atoms with E-state index in [-0.39, 0.29) is 0 Å². The number of benzene rings is 8. The first kappa shape index (κ1) is 33.9. The number of hydrogen-bond donors (Lipinski definition) is 0. The molecule has 0 radical (unpaired) electrons. The average Bonchev–Trinajstić information content (AvgIpc) is 4.17. The summed E-state index contributed by atoms with van der Waals surface area (Å²) in [4.78, 5) is 5.61. The Morgan fingerprint density at radius 3 is 0.770 bits per heavy atom. The van der Waals surface area contributed by atoms with Crippen LogP contribution in [0.25, 0.3) is 44.5 Å². The maximum atomic E-state index is 2.62. The lowest BCUT2D eigenvalue weighted by atomic mass is 9.71. The van der Waals surface area contributed by atoms with Gasteiger partial charge in [-0.1, -0.05) is 206 Å². The van der Waals surface area contributed by atoms with Gasteiger partial charge in [0.05, 0.1) is 16.2 Å². The maximum Gasteiger partial charge on any atom is 0.0912 e. The molecule has 14 rings (SSSR count). The van der Waals surface area contributed by atoms with Crippen molar-refractivity contribution >= 4 is 22.7 Å². The van der Waals surface area contributed by atoms with Crippen molar-refractivity contribution in [3.63, 3.8) is 0 Å². The Labute approximate surface area is 363 Å². The van der Waals surface area contributed by atoms with Crippen molar-refractivity contribution in [2.45, 2.75) is 16.2 Å². The van der Waals surface area contributed by atoms with Gasteiger partial charge in [0, 0.05) is 19.5 Å². The highest BCUT2D eigenvalue weighted by Crippen LogP contribution is 2.70. The van der Waals surface area contributed by atoms with E-state index in [0.717, 1.165) is 0 Å². The first-order valence-corrected chi connectivity index (χ1v) is 22.9. The molecule has 0 atom stereocenters. The van der Waals surface area contributed by atoms with Crippen molar-refractivity contribution in [1.82, 2.24) is 0 Å². The van der Waals surface area contributed by atoms with Gasteiger partial charge in [-0.2, -0.15) is 0 Å². The van der Waals surface area contributed by atoms with Gasteiger partial charge < -0.3 is 0 Å². The molecule has 1 spiro atoms. The summed E-state index contributed by atoms with van der Waals surface area (Å²) in [6.07, 6.45) is 0. The summed E-state index contributed by atoms with van der Waals surface area (Å²) in [5.41, 5.74) is 20.1. The Morgan fingerprint density at radius 1 is 0.230 bits per heavy atom. The molecule has 4 aliphatic rings. The third-order valence-corrected chi connectivity index (χ3v) is 17.2. The summed E-state index contributed by atoms with van der Waals surface area (Å²) in [5.74, 6) is 0. The van der Waals surface area contributed by atoms with Crippen LogP contribution in [0.5, 0.6) is 0 Å². The Kier molecular flexibility index (Phi) is 6.75. The van der Waals surface area contributed by atoms with E-state index in [1.807, 2.05) is 22.7 Å². The minimum Gasteiger partial charge on any atom is -0.141 e. The third kappa shape index (κ3) is 3.97. The molecule has 2 heteroatoms. The molecule has 0 N–H and O–H groups in total. The van der Waals surface area contributed by atoms with Gasteiger partial charge in [-0.05, 0) is 101 Å². The quantitative estimate of drug-likeness (QED) is 0.166. The summed E-state index contributed by atoms with van der Waals surface area (Å²) >= 11 is 4.08. The fourth-order valence-electron chi connectivity index (χ4n) is 12.2. The minimum atomic E-state index is -0.476. The molecule has 8 aromatic carbocycles. The molecule has 0 nitrogen and oxygen atoms in total. The Hall–Kier alpha value is -6.84. The van der Waals surface area contributed by atoms with Crippen LogP contribution in [0.4, 0.5) is 0 Å². The topological polar surface area (TPSA) is 0 Å². The van der Waals surface area contributed by atoms with Crippen molar-refractivity contribution in [3.8, 4) is 44.5 Å². The molecule has 0 saturated heterocycles. The van der Waals surface area contributed by atoms with Crippen molar-refractivity contribution in [3.05, 3.63) is 282 Å². The van der Waals surface area contributed by atoms with Crippen LogP contribution in [-0.4, -0.2) is 0 Å². The van der Waals surface area contributed by atoms with Crippen LogP contribution in [-0.2, 0) is 16.2 Å². The molecular formula is C59H36S2. The molecule has 2 heterocycles. The van der Waals surface area contributed by atoms with Gasteiger partial charge >= 0.3 is 0 Å². The van der Waals surface area contributed by atoms with E-state index in [9.17, 15) is 0 Å². The maximum absolute atomic E-state index is 2.62. The van der Waals surface area contributed by atoms with Crippen LogP contribution in [0, 0.1) is 0 Å². The summed E-state index contributed by atoms with van der Waals surface area (Å²) in [5, 5.41) is 0. The van der Waals surface area contributed by atoms with Crippen molar-refractivity contribution < 1.29 is 0 Å². The molecule has 4 aliphatic carbocycles. The average molecular weight is 809 g/mol. The molecule has 284 valence electrons. The normalized spacial score (nSPS) is 15.6. The van der Waals surface area contributed by atoms with E-state index in [4.69, 9.17) is 0 Å². The fraction of sp³-hybridized carbons (Fsp3) is 0.0508. The van der Waals surface area contributed by atoms with Crippen LogP contribution in [0.2, 0.25) is 0 Å². The van der Waals surface area contributed by atoms with Gasteiger partial charge in [-0.3, -0.25) is 0 Å². The zero-order chi connectivity index (χ0) is 39.9. The molecule has 0 saturated carbocycles. The van der Waals surface area contributed by atoms with Gasteiger partial charge in [0.2, 0.25) is 0 Å². The SMILES string of the molecule is c1ccc(C2(c3cc4c(s3)C3(c5ccccc5-c5ccccc53)c3sc(C5(c6ccccc6)c6ccccc6-c6ccccc65)cc3-4)c3ccccc3-c3ccccc32)cc1. The largest absolute Gasteiger partial charge is 0.141 e. The number of hydrogen-bond acceptors (Lipinski definition) is 2. The van der Waals surface area contributed by atoms with Gasteiger partial charge in [0.1, 0.15) is 0 Å². The standard InChI is InChI=1S/C59H36S2/c1-3-19-37(20-4-1)57(47-29-13-7-23-39(47)40-24-8-14-30-48(40)57)53-35-45-46-36-54(58(38-21-5-2-6-22-38)49-31-15-9-25-41(49)42-26-10-16-32-50(42)58)61-56(46)59(55(45)60-53)51-33-17-11-27-43(51)44-28-12-18-34-52(44)59/h1-36H. The molecule has 2 aromatic heterocycles. The van der Waals surface area contributed by atoms with E-state index >= 15 is 0 Å². The zero-order valence-electron chi connectivity index (χ0n) is 33.1. The zero-order valence-corrected chi connectivity index (χ0v) is 34.7. The predicted molar refractivity (Wildman–Crippen MR) is 253 cm³/mol. The summed E-state index contributed by atoms with van der Waals surface area (Å²) < 4.78 is 0. The van der Waals surface area contributed by atoms with Crippen LogP contribution in [0.15, 0.2) is 218 Å². The number of fused-ring (bicyclic) bond motifs is 16. The first-order valence-electron chi connectivity index (χ1n) is 21.3. The summed E-state index contributed by atoms with van der Waals surface area (Å²) in [6.45, 7) is 0. The molecule has 0 bridgehead atoms. The monoisotopic (exact) mass is 808 g/mol. The molecule has 0 amide bonds. The highest BCUT2D eigenvalue weighted by molar-refractivity contribution is 7.15. The molecule has 0 aliphatic heterocycles. The van der Waals surface area contributed by atoms with Crippen LogP contribution >= 0.6 is 22.7 Å². The number of thiophene rings is 2. The fourth-order valence-corrected chi connectivity index (χ4v) is 15.6. The van der Waals surface area contributed by atoms with Gasteiger partial charge in [0.25, 0.3) is 0 Å². The second-order valence-electron chi connectivity index (χ2n) is 17.0. The molecule has 61 heavy (non-hydrogen) atoms. The minimum absolute atomic E-state index is 0.464. The predicted octanol–water partition coefficient (Wildman–Crippen LogP) is 14.9. The van der Waals surface area contributed by atoms with Crippen LogP contribution < -0.4 is 0 Å². The van der Waals surface area contributed by atoms with Crippen molar-refractivity contribution in [2.75, 3.05) is 0 Å². The third-order valence-electron chi connectivity index (χ3n) is 14.4. The summed E-state index contributed by atoms with van der Waals surface area (Å²) in [6, 6.07) is 82.9. The first-order chi connectivity index (χ1) is 30.3. The number of rotatable bonds is 4. The second kappa shape index (κ2) is 12.1. The van der Waals surface area contributed by atoms with E-state index in [1.54, 1.807) is 0 Å². The van der Waals surface area contributed by atoms with E-state index < -0.39 is 16.2 Å².